The van der Waals surface area contributed by atoms with E-state index in [9.17, 15) is 9.59 Å². The molecular weight excluding hydrogens is 258 g/mol. The van der Waals surface area contributed by atoms with Crippen molar-refractivity contribution in [2.24, 2.45) is 0 Å². The summed E-state index contributed by atoms with van der Waals surface area (Å²) in [6.07, 6.45) is 1.06. The van der Waals surface area contributed by atoms with Crippen molar-refractivity contribution in [1.82, 2.24) is 4.90 Å². The molecule has 108 valence electrons. The number of carbonyl (C=O) groups is 2. The molecule has 1 aliphatic heterocycles. The van der Waals surface area contributed by atoms with Crippen molar-refractivity contribution < 1.29 is 14.3 Å². The van der Waals surface area contributed by atoms with Gasteiger partial charge in [0.2, 0.25) is 5.91 Å². The summed E-state index contributed by atoms with van der Waals surface area (Å²) in [5.41, 5.74) is 7.04. The normalized spacial score (nSPS) is 18.5. The first kappa shape index (κ1) is 14.2. The van der Waals surface area contributed by atoms with E-state index in [4.69, 9.17) is 10.5 Å². The van der Waals surface area contributed by atoms with Crippen molar-refractivity contribution in [2.75, 3.05) is 24.7 Å². The van der Waals surface area contributed by atoms with Gasteiger partial charge in [-0.3, -0.25) is 14.5 Å². The minimum atomic E-state index is -0.534. The van der Waals surface area contributed by atoms with Crippen LogP contribution in [0.1, 0.15) is 19.8 Å². The zero-order valence-corrected chi connectivity index (χ0v) is 11.7. The van der Waals surface area contributed by atoms with Crippen LogP contribution in [0.15, 0.2) is 18.2 Å². The van der Waals surface area contributed by atoms with E-state index >= 15 is 0 Å². The molecule has 0 aliphatic carbocycles. The monoisotopic (exact) mass is 277 g/mol. The third kappa shape index (κ3) is 3.01. The summed E-state index contributed by atoms with van der Waals surface area (Å²) in [6.45, 7) is 2.62. The molecule has 1 atom stereocenters. The van der Waals surface area contributed by atoms with Crippen LogP contribution in [0, 0.1) is 0 Å². The third-order valence-electron chi connectivity index (χ3n) is 3.12. The van der Waals surface area contributed by atoms with E-state index in [2.05, 4.69) is 5.32 Å². The van der Waals surface area contributed by atoms with Crippen LogP contribution in [0.4, 0.5) is 11.4 Å². The Bertz CT molecular complexity index is 530. The highest BCUT2D eigenvalue weighted by atomic mass is 16.5. The lowest BCUT2D eigenvalue weighted by Gasteiger charge is -2.14. The molecule has 6 nitrogen and oxygen atoms in total. The number of nitrogens with one attached hydrogen (secondary N) is 1. The first-order valence-corrected chi connectivity index (χ1v) is 6.61. The fourth-order valence-electron chi connectivity index (χ4n) is 2.08. The minimum Gasteiger partial charge on any atom is -0.493 e. The summed E-state index contributed by atoms with van der Waals surface area (Å²) in [5, 5.41) is 3.04. The Hall–Kier alpha value is -2.24. The van der Waals surface area contributed by atoms with Gasteiger partial charge < -0.3 is 15.8 Å². The zero-order chi connectivity index (χ0) is 14.7. The first-order chi connectivity index (χ1) is 9.51. The van der Waals surface area contributed by atoms with Gasteiger partial charge in [0.15, 0.2) is 0 Å². The summed E-state index contributed by atoms with van der Waals surface area (Å²) in [7, 11) is 1.49. The van der Waals surface area contributed by atoms with E-state index in [1.54, 1.807) is 18.2 Å². The van der Waals surface area contributed by atoms with Gasteiger partial charge in [0.25, 0.3) is 5.91 Å². The molecule has 0 radical (unpaired) electrons. The number of nitrogens with zero attached hydrogens (tertiary/aromatic N) is 1. The number of nitrogens with two attached hydrogens (primary N) is 1. The van der Waals surface area contributed by atoms with Gasteiger partial charge in [-0.2, -0.15) is 0 Å². The number of nitrogen functional groups attached to an aromatic ring is 1. The Morgan fingerprint density at radius 3 is 2.75 bits per heavy atom. The number of imide groups is 1. The Morgan fingerprint density at radius 2 is 2.15 bits per heavy atom. The number of carbonyl (C=O) groups excluding carboxylic acids is 2. The summed E-state index contributed by atoms with van der Waals surface area (Å²) in [5.74, 6) is 0.242. The molecule has 1 aliphatic rings. The van der Waals surface area contributed by atoms with Crippen LogP contribution in [-0.2, 0) is 9.59 Å². The molecule has 0 bridgehead atoms. The molecule has 1 aromatic carbocycles. The van der Waals surface area contributed by atoms with E-state index < -0.39 is 6.04 Å². The van der Waals surface area contributed by atoms with Gasteiger partial charge in [0.1, 0.15) is 11.8 Å². The lowest BCUT2D eigenvalue weighted by Crippen LogP contribution is -2.31. The highest BCUT2D eigenvalue weighted by Crippen LogP contribution is 2.25. The molecule has 1 heterocycles. The smallest absolute Gasteiger partial charge is 0.251 e. The molecule has 1 saturated heterocycles. The second-order valence-electron chi connectivity index (χ2n) is 4.83. The summed E-state index contributed by atoms with van der Waals surface area (Å²) < 4.78 is 5.53. The second-order valence-corrected chi connectivity index (χ2v) is 4.83. The maximum atomic E-state index is 11.8. The van der Waals surface area contributed by atoms with Gasteiger partial charge in [0.05, 0.1) is 13.0 Å². The fraction of sp³-hybridized carbons (Fsp3) is 0.429. The summed E-state index contributed by atoms with van der Waals surface area (Å²) in [4.78, 5) is 24.5. The van der Waals surface area contributed by atoms with Crippen molar-refractivity contribution in [3.63, 3.8) is 0 Å². The average molecular weight is 277 g/mol. The summed E-state index contributed by atoms with van der Waals surface area (Å²) >= 11 is 0. The number of ether oxygens (including phenoxy) is 1. The SMILES string of the molecule is CCCOc1cc(N)cc(NC2CC(=O)N(C)C2=O)c1. The Kier molecular flexibility index (Phi) is 4.12. The predicted octanol–water partition coefficient (Wildman–Crippen LogP) is 1.23. The van der Waals surface area contributed by atoms with Crippen LogP contribution < -0.4 is 15.8 Å². The number of likely N-dealkylation sites (tertiary alicyclic amines) is 1. The van der Waals surface area contributed by atoms with Gasteiger partial charge in [-0.25, -0.2) is 0 Å². The number of amides is 2. The number of rotatable bonds is 5. The molecule has 20 heavy (non-hydrogen) atoms. The molecule has 6 heteroatoms. The van der Waals surface area contributed by atoms with E-state index in [0.717, 1.165) is 11.3 Å². The van der Waals surface area contributed by atoms with Crippen LogP contribution in [0.3, 0.4) is 0 Å². The molecule has 0 aromatic heterocycles. The van der Waals surface area contributed by atoms with Gasteiger partial charge >= 0.3 is 0 Å². The van der Waals surface area contributed by atoms with Crippen LogP contribution in [-0.4, -0.2) is 36.4 Å². The van der Waals surface area contributed by atoms with Crippen LogP contribution in [0.25, 0.3) is 0 Å². The second kappa shape index (κ2) is 5.81. The minimum absolute atomic E-state index is 0.162. The Morgan fingerprint density at radius 1 is 1.40 bits per heavy atom. The van der Waals surface area contributed by atoms with Gasteiger partial charge in [0, 0.05) is 30.6 Å². The highest BCUT2D eigenvalue weighted by Gasteiger charge is 2.35. The molecule has 2 rings (SSSR count). The van der Waals surface area contributed by atoms with Crippen LogP contribution in [0.2, 0.25) is 0 Å². The van der Waals surface area contributed by atoms with Gasteiger partial charge in [-0.15, -0.1) is 0 Å². The maximum Gasteiger partial charge on any atom is 0.251 e. The Balaban J connectivity index is 2.11. The lowest BCUT2D eigenvalue weighted by atomic mass is 10.2. The molecule has 0 saturated carbocycles. The third-order valence-corrected chi connectivity index (χ3v) is 3.12. The number of benzene rings is 1. The zero-order valence-electron chi connectivity index (χ0n) is 11.7. The van der Waals surface area contributed by atoms with Gasteiger partial charge in [-0.1, -0.05) is 6.92 Å². The highest BCUT2D eigenvalue weighted by molar-refractivity contribution is 6.06. The molecule has 3 N–H and O–H groups in total. The van der Waals surface area contributed by atoms with Crippen LogP contribution >= 0.6 is 0 Å². The van der Waals surface area contributed by atoms with E-state index in [-0.39, 0.29) is 18.2 Å². The number of likely N-dealkylation sites (N-methyl/N-ethyl adjacent to an activating group) is 1. The topological polar surface area (TPSA) is 84.7 Å². The van der Waals surface area contributed by atoms with E-state index in [1.165, 1.54) is 7.05 Å². The van der Waals surface area contributed by atoms with Crippen molar-refractivity contribution in [3.05, 3.63) is 18.2 Å². The quantitative estimate of drug-likeness (QED) is 0.624. The van der Waals surface area contributed by atoms with E-state index in [0.29, 0.717) is 23.7 Å². The molecule has 0 spiro atoms. The Labute approximate surface area is 117 Å². The van der Waals surface area contributed by atoms with E-state index in [1.807, 2.05) is 6.92 Å². The van der Waals surface area contributed by atoms with Crippen molar-refractivity contribution in [3.8, 4) is 5.75 Å². The first-order valence-electron chi connectivity index (χ1n) is 6.61. The van der Waals surface area contributed by atoms with Crippen molar-refractivity contribution >= 4 is 23.2 Å². The predicted molar refractivity (Wildman–Crippen MR) is 76.4 cm³/mol. The molecular formula is C14H19N3O3. The maximum absolute atomic E-state index is 11.8. The molecule has 2 amide bonds. The number of hydrogen-bond donors (Lipinski definition) is 2. The number of hydrogen-bond acceptors (Lipinski definition) is 5. The van der Waals surface area contributed by atoms with Gasteiger partial charge in [-0.05, 0) is 12.5 Å². The van der Waals surface area contributed by atoms with Crippen LogP contribution in [0.5, 0.6) is 5.75 Å². The molecule has 1 unspecified atom stereocenters. The summed E-state index contributed by atoms with van der Waals surface area (Å²) in [6, 6.07) is 4.69. The molecule has 1 aromatic rings. The standard InChI is InChI=1S/C14H19N3O3/c1-3-4-20-11-6-9(15)5-10(7-11)16-12-8-13(18)17(2)14(12)19/h5-7,12,16H,3-4,8,15H2,1-2H3. The number of anilines is 2. The lowest BCUT2D eigenvalue weighted by molar-refractivity contribution is -0.136. The van der Waals surface area contributed by atoms with Crippen molar-refractivity contribution in [2.45, 2.75) is 25.8 Å². The van der Waals surface area contributed by atoms with Crippen molar-refractivity contribution in [1.29, 1.82) is 0 Å². The average Bonchev–Trinajstić information content (AvgIpc) is 2.63. The largest absolute Gasteiger partial charge is 0.493 e. The molecule has 1 fully saturated rings. The fourth-order valence-corrected chi connectivity index (χ4v) is 2.08.